The van der Waals surface area contributed by atoms with Gasteiger partial charge in [-0.2, -0.15) is 0 Å². The monoisotopic (exact) mass is 234 g/mol. The molecule has 0 atom stereocenters. The Morgan fingerprint density at radius 2 is 2.35 bits per heavy atom. The number of carbonyl (C=O) groups excluding carboxylic acids is 1. The fourth-order valence-electron chi connectivity index (χ4n) is 1.55. The first-order valence-corrected chi connectivity index (χ1v) is 4.76. The molecule has 0 saturated carbocycles. The molecular weight excluding hydrogens is 224 g/mol. The third kappa shape index (κ3) is 1.82. The van der Waals surface area contributed by atoms with Crippen LogP contribution in [0.3, 0.4) is 0 Å². The number of rotatable bonds is 2. The molecule has 0 spiro atoms. The maximum absolute atomic E-state index is 11.5. The minimum Gasteiger partial charge on any atom is -0.465 e. The summed E-state index contributed by atoms with van der Waals surface area (Å²) in [5.41, 5.74) is 2.06. The predicted molar refractivity (Wildman–Crippen MR) is 59.2 cm³/mol. The number of hydrogen-bond donors (Lipinski definition) is 1. The second kappa shape index (κ2) is 4.20. The molecule has 0 radical (unpaired) electrons. The van der Waals surface area contributed by atoms with Crippen LogP contribution >= 0.6 is 0 Å². The third-order valence-electron chi connectivity index (χ3n) is 2.36. The van der Waals surface area contributed by atoms with Gasteiger partial charge in [0.05, 0.1) is 24.4 Å². The van der Waals surface area contributed by atoms with Crippen molar-refractivity contribution in [3.63, 3.8) is 0 Å². The van der Waals surface area contributed by atoms with Gasteiger partial charge in [-0.1, -0.05) is 10.4 Å². The number of aryl methyl sites for hydroxylation is 1. The smallest absolute Gasteiger partial charge is 0.337 e. The van der Waals surface area contributed by atoms with Gasteiger partial charge in [0, 0.05) is 12.6 Å². The van der Waals surface area contributed by atoms with Gasteiger partial charge in [-0.15, -0.1) is 5.10 Å². The molecular formula is C10H10N4O3. The van der Waals surface area contributed by atoms with Crippen molar-refractivity contribution in [1.29, 1.82) is 0 Å². The van der Waals surface area contributed by atoms with Crippen molar-refractivity contribution in [3.05, 3.63) is 23.3 Å². The van der Waals surface area contributed by atoms with Gasteiger partial charge >= 0.3 is 5.97 Å². The minimum atomic E-state index is -0.472. The largest absolute Gasteiger partial charge is 0.465 e. The summed E-state index contributed by atoms with van der Waals surface area (Å²) >= 11 is 0. The van der Waals surface area contributed by atoms with E-state index < -0.39 is 5.97 Å². The second-order valence-electron chi connectivity index (χ2n) is 3.38. The number of nitrogens with zero attached hydrogens (tertiary/aromatic N) is 4. The highest BCUT2D eigenvalue weighted by Gasteiger charge is 2.13. The lowest BCUT2D eigenvalue weighted by atomic mass is 10.1. The lowest BCUT2D eigenvalue weighted by Gasteiger charge is -2.02. The third-order valence-corrected chi connectivity index (χ3v) is 2.36. The Balaban J connectivity index is 2.73. The van der Waals surface area contributed by atoms with Gasteiger partial charge in [0.25, 0.3) is 0 Å². The highest BCUT2D eigenvalue weighted by Crippen LogP contribution is 2.17. The van der Waals surface area contributed by atoms with Crippen LogP contribution in [0.1, 0.15) is 15.9 Å². The summed E-state index contributed by atoms with van der Waals surface area (Å²) in [5.74, 6) is -0.472. The van der Waals surface area contributed by atoms with Crippen LogP contribution < -0.4 is 0 Å². The molecule has 0 amide bonds. The highest BCUT2D eigenvalue weighted by atomic mass is 16.5. The number of esters is 1. The van der Waals surface area contributed by atoms with Crippen LogP contribution in [0.15, 0.2) is 17.3 Å². The molecule has 17 heavy (non-hydrogen) atoms. The van der Waals surface area contributed by atoms with E-state index in [9.17, 15) is 4.79 Å². The molecule has 2 aromatic rings. The molecule has 1 aromatic heterocycles. The van der Waals surface area contributed by atoms with Crippen molar-refractivity contribution in [3.8, 4) is 0 Å². The normalized spacial score (nSPS) is 11.2. The molecule has 2 rings (SSSR count). The molecule has 0 aliphatic heterocycles. The van der Waals surface area contributed by atoms with Crippen LogP contribution in [0.25, 0.3) is 11.0 Å². The first kappa shape index (κ1) is 11.1. The fourth-order valence-corrected chi connectivity index (χ4v) is 1.55. The zero-order valence-corrected chi connectivity index (χ0v) is 9.28. The number of fused-ring (bicyclic) bond motifs is 1. The maximum Gasteiger partial charge on any atom is 0.337 e. The van der Waals surface area contributed by atoms with Gasteiger partial charge in [-0.3, -0.25) is 0 Å². The van der Waals surface area contributed by atoms with E-state index in [0.29, 0.717) is 22.2 Å². The maximum atomic E-state index is 11.5. The minimum absolute atomic E-state index is 0.348. The molecule has 0 aliphatic carbocycles. The van der Waals surface area contributed by atoms with Gasteiger partial charge < -0.3 is 9.94 Å². The van der Waals surface area contributed by atoms with E-state index in [2.05, 4.69) is 20.2 Å². The fraction of sp³-hybridized carbons (Fsp3) is 0.200. The van der Waals surface area contributed by atoms with Crippen LogP contribution in [0.2, 0.25) is 0 Å². The van der Waals surface area contributed by atoms with Crippen LogP contribution in [-0.2, 0) is 11.8 Å². The molecule has 7 nitrogen and oxygen atoms in total. The van der Waals surface area contributed by atoms with Gasteiger partial charge in [0.1, 0.15) is 5.52 Å². The average Bonchev–Trinajstić information content (AvgIpc) is 2.71. The summed E-state index contributed by atoms with van der Waals surface area (Å²) in [4.78, 5) is 11.5. The van der Waals surface area contributed by atoms with E-state index in [1.165, 1.54) is 24.1 Å². The predicted octanol–water partition coefficient (Wildman–Crippen LogP) is 0.563. The second-order valence-corrected chi connectivity index (χ2v) is 3.38. The number of carbonyl (C=O) groups is 1. The molecule has 0 aliphatic rings. The lowest BCUT2D eigenvalue weighted by Crippen LogP contribution is -2.03. The van der Waals surface area contributed by atoms with Crippen molar-refractivity contribution < 1.29 is 14.7 Å². The van der Waals surface area contributed by atoms with Crippen molar-refractivity contribution in [2.45, 2.75) is 0 Å². The van der Waals surface area contributed by atoms with E-state index >= 15 is 0 Å². The van der Waals surface area contributed by atoms with Crippen LogP contribution in [-0.4, -0.2) is 39.5 Å². The Labute approximate surface area is 96.3 Å². The van der Waals surface area contributed by atoms with Crippen LogP contribution in [0, 0.1) is 0 Å². The Bertz CT molecular complexity index is 603. The van der Waals surface area contributed by atoms with Crippen molar-refractivity contribution in [2.24, 2.45) is 12.2 Å². The van der Waals surface area contributed by atoms with E-state index in [1.54, 1.807) is 13.1 Å². The lowest BCUT2D eigenvalue weighted by molar-refractivity contribution is 0.0601. The molecule has 88 valence electrons. The Morgan fingerprint density at radius 3 is 3.00 bits per heavy atom. The van der Waals surface area contributed by atoms with Crippen LogP contribution in [0.4, 0.5) is 0 Å². The summed E-state index contributed by atoms with van der Waals surface area (Å²) in [7, 11) is 3.00. The summed E-state index contributed by atoms with van der Waals surface area (Å²) < 4.78 is 6.16. The average molecular weight is 234 g/mol. The van der Waals surface area contributed by atoms with E-state index in [4.69, 9.17) is 5.21 Å². The summed E-state index contributed by atoms with van der Waals surface area (Å²) in [6, 6.07) is 3.15. The van der Waals surface area contributed by atoms with Crippen molar-refractivity contribution in [2.75, 3.05) is 7.11 Å². The summed E-state index contributed by atoms with van der Waals surface area (Å²) in [5, 5.41) is 19.3. The topological polar surface area (TPSA) is 89.6 Å². The Kier molecular flexibility index (Phi) is 2.73. The Morgan fingerprint density at radius 1 is 1.59 bits per heavy atom. The van der Waals surface area contributed by atoms with E-state index in [-0.39, 0.29) is 0 Å². The number of oxime groups is 1. The van der Waals surface area contributed by atoms with Crippen molar-refractivity contribution in [1.82, 2.24) is 15.0 Å². The molecule has 1 aromatic carbocycles. The molecule has 0 saturated heterocycles. The number of benzene rings is 1. The molecule has 0 fully saturated rings. The van der Waals surface area contributed by atoms with Gasteiger partial charge in [0.2, 0.25) is 0 Å². The quantitative estimate of drug-likeness (QED) is 0.355. The number of ether oxygens (including phenoxy) is 1. The standard InChI is InChI=1S/C10H10N4O3/c1-14-8-4-6(10(15)17-2)3-7(5-11-16)9(8)12-13-14/h3-5,16H,1-2H3. The van der Waals surface area contributed by atoms with Crippen molar-refractivity contribution >= 4 is 23.2 Å². The summed E-state index contributed by atoms with van der Waals surface area (Å²) in [6.07, 6.45) is 1.20. The molecule has 1 heterocycles. The first-order valence-electron chi connectivity index (χ1n) is 4.76. The molecule has 0 unspecified atom stereocenters. The molecule has 1 N–H and O–H groups in total. The van der Waals surface area contributed by atoms with E-state index in [0.717, 1.165) is 0 Å². The SMILES string of the molecule is COC(=O)c1cc(C=NO)c2nnn(C)c2c1. The highest BCUT2D eigenvalue weighted by molar-refractivity contribution is 6.01. The first-order chi connectivity index (χ1) is 8.17. The zero-order chi connectivity index (χ0) is 12.4. The summed E-state index contributed by atoms with van der Waals surface area (Å²) in [6.45, 7) is 0. The number of methoxy groups -OCH3 is 1. The zero-order valence-electron chi connectivity index (χ0n) is 9.28. The van der Waals surface area contributed by atoms with Gasteiger partial charge in [0.15, 0.2) is 0 Å². The van der Waals surface area contributed by atoms with E-state index in [1.807, 2.05) is 0 Å². The van der Waals surface area contributed by atoms with Crippen LogP contribution in [0.5, 0.6) is 0 Å². The number of aromatic nitrogens is 3. The van der Waals surface area contributed by atoms with Gasteiger partial charge in [-0.05, 0) is 12.1 Å². The molecule has 7 heteroatoms. The molecule has 0 bridgehead atoms. The van der Waals surface area contributed by atoms with Gasteiger partial charge in [-0.25, -0.2) is 9.48 Å². The number of hydrogen-bond acceptors (Lipinski definition) is 6. The Hall–Kier alpha value is -2.44.